The smallest absolute Gasteiger partial charge is 0.273 e. The molecule has 10 heteroatoms. The van der Waals surface area contributed by atoms with Crippen LogP contribution in [0.25, 0.3) is 17.3 Å². The first-order chi connectivity index (χ1) is 25.0. The van der Waals surface area contributed by atoms with E-state index in [0.717, 1.165) is 35.7 Å². The number of hydrogen-bond acceptors (Lipinski definition) is 8. The predicted octanol–water partition coefficient (Wildman–Crippen LogP) is 4.18. The van der Waals surface area contributed by atoms with Gasteiger partial charge in [0.1, 0.15) is 16.5 Å². The minimum absolute atomic E-state index is 0.0441. The van der Waals surface area contributed by atoms with E-state index in [1.54, 1.807) is 36.3 Å². The molecule has 0 spiro atoms. The molecule has 2 aliphatic heterocycles. The zero-order valence-corrected chi connectivity index (χ0v) is 29.3. The monoisotopic (exact) mass is 697 g/mol. The van der Waals surface area contributed by atoms with Gasteiger partial charge in [0.2, 0.25) is 0 Å². The number of thiazole rings is 1. The molecule has 0 N–H and O–H groups in total. The van der Waals surface area contributed by atoms with E-state index in [9.17, 15) is 14.9 Å². The number of nitriles is 1. The van der Waals surface area contributed by atoms with Crippen molar-refractivity contribution < 1.29 is 14.3 Å². The molecule has 0 atom stereocenters. The lowest BCUT2D eigenvalue weighted by Gasteiger charge is -2.39. The lowest BCUT2D eigenvalue weighted by molar-refractivity contribution is -0.126. The molecular formula is C41H39N5O4S. The van der Waals surface area contributed by atoms with Crippen molar-refractivity contribution in [1.29, 1.82) is 5.26 Å². The molecule has 4 aromatic carbocycles. The molecule has 0 unspecified atom stereocenters. The molecule has 9 nitrogen and oxygen atoms in total. The number of carbonyl (C=O) groups is 1. The number of anilines is 1. The van der Waals surface area contributed by atoms with Crippen molar-refractivity contribution in [2.75, 3.05) is 64.5 Å². The summed E-state index contributed by atoms with van der Waals surface area (Å²) in [6.45, 7) is 5.23. The Hall–Kier alpha value is -5.47. The van der Waals surface area contributed by atoms with Gasteiger partial charge in [-0.2, -0.15) is 5.26 Å². The first-order valence-electron chi connectivity index (χ1n) is 17.1. The molecule has 0 bridgehead atoms. The van der Waals surface area contributed by atoms with E-state index in [4.69, 9.17) is 9.47 Å². The minimum atomic E-state index is -0.377. The number of piperazine rings is 1. The van der Waals surface area contributed by atoms with E-state index in [1.807, 2.05) is 42.5 Å². The van der Waals surface area contributed by atoms with Gasteiger partial charge in [-0.05, 0) is 59.2 Å². The fraction of sp³-hybridized carbons (Fsp3) is 0.244. The van der Waals surface area contributed by atoms with Crippen LogP contribution in [-0.4, -0.2) is 79.9 Å². The molecule has 3 heterocycles. The second-order valence-corrected chi connectivity index (χ2v) is 13.5. The Morgan fingerprint density at radius 1 is 0.804 bits per heavy atom. The van der Waals surface area contributed by atoms with Gasteiger partial charge in [-0.1, -0.05) is 72.8 Å². The van der Waals surface area contributed by atoms with Gasteiger partial charge in [0, 0.05) is 45.0 Å². The second-order valence-electron chi connectivity index (χ2n) is 12.5. The van der Waals surface area contributed by atoms with Crippen LogP contribution in [0.15, 0.2) is 114 Å². The number of rotatable bonds is 8. The van der Waals surface area contributed by atoms with Gasteiger partial charge in [-0.25, -0.2) is 0 Å². The molecule has 1 amide bonds. The summed E-state index contributed by atoms with van der Waals surface area (Å²) in [5.41, 5.74) is 4.54. The number of methoxy groups -OCH3 is 1. The van der Waals surface area contributed by atoms with Crippen molar-refractivity contribution in [2.24, 2.45) is 0 Å². The minimum Gasteiger partial charge on any atom is -0.497 e. The molecule has 0 aliphatic carbocycles. The lowest BCUT2D eigenvalue weighted by atomic mass is 9.96. The van der Waals surface area contributed by atoms with E-state index in [1.165, 1.54) is 15.7 Å². The summed E-state index contributed by atoms with van der Waals surface area (Å²) in [6.07, 6.45) is 1.82. The van der Waals surface area contributed by atoms with Crippen molar-refractivity contribution >= 4 is 34.6 Å². The van der Waals surface area contributed by atoms with Gasteiger partial charge in [0.05, 0.1) is 36.6 Å². The molecule has 0 saturated carbocycles. The summed E-state index contributed by atoms with van der Waals surface area (Å²) in [5, 5.41) is 10.5. The van der Waals surface area contributed by atoms with Crippen molar-refractivity contribution in [3.05, 3.63) is 145 Å². The number of benzene rings is 4. The van der Waals surface area contributed by atoms with Crippen molar-refractivity contribution in [2.45, 2.75) is 6.04 Å². The molecule has 5 aromatic rings. The van der Waals surface area contributed by atoms with Gasteiger partial charge < -0.3 is 19.3 Å². The van der Waals surface area contributed by atoms with Crippen molar-refractivity contribution in [1.82, 2.24) is 14.4 Å². The maximum Gasteiger partial charge on any atom is 0.273 e. The summed E-state index contributed by atoms with van der Waals surface area (Å²) < 4.78 is 13.0. The van der Waals surface area contributed by atoms with E-state index >= 15 is 0 Å². The number of amides is 1. The van der Waals surface area contributed by atoms with Crippen LogP contribution in [0.4, 0.5) is 5.69 Å². The first kappa shape index (κ1) is 34.0. The topological polar surface area (TPSA) is 91.0 Å². The van der Waals surface area contributed by atoms with Crippen LogP contribution in [0.3, 0.4) is 0 Å². The van der Waals surface area contributed by atoms with E-state index in [-0.39, 0.29) is 23.1 Å². The SMILES string of the molecule is COc1ccc(-n2c(=O)/c(=C/c3ccc(N4CCOCC4)cc3)s/c2=C(/C#N)C(=O)N2CCN(C(c3ccccc3)c3ccccc3)CC2)cc1. The molecule has 2 fully saturated rings. The third kappa shape index (κ3) is 7.37. The number of morpholine rings is 1. The molecule has 0 radical (unpaired) electrons. The van der Waals surface area contributed by atoms with Gasteiger partial charge in [-0.15, -0.1) is 11.3 Å². The summed E-state index contributed by atoms with van der Waals surface area (Å²) in [4.78, 5) is 34.7. The van der Waals surface area contributed by atoms with Crippen LogP contribution in [0.5, 0.6) is 5.75 Å². The summed E-state index contributed by atoms with van der Waals surface area (Å²) in [6, 6.07) is 38.1. The number of ether oxygens (including phenoxy) is 2. The second kappa shape index (κ2) is 15.6. The van der Waals surface area contributed by atoms with Crippen LogP contribution in [0.1, 0.15) is 22.7 Å². The number of nitrogens with zero attached hydrogens (tertiary/aromatic N) is 5. The Morgan fingerprint density at radius 2 is 1.39 bits per heavy atom. The standard InChI is InChI=1S/C41H39N5O4S/c1-49-35-18-16-34(17-19-35)46-40(48)37(28-30-12-14-33(15-13-30)43-24-26-50-27-25-43)51-41(46)36(29-42)39(47)45-22-20-44(21-23-45)38(31-8-4-2-5-9-31)32-10-6-3-7-11-32/h2-19,28,38H,20-27H2,1H3/b37-28-,41-36-. The maximum atomic E-state index is 14.2. The highest BCUT2D eigenvalue weighted by Crippen LogP contribution is 2.29. The molecule has 2 aliphatic rings. The highest BCUT2D eigenvalue weighted by molar-refractivity contribution is 7.07. The highest BCUT2D eigenvalue weighted by atomic mass is 32.1. The molecule has 51 heavy (non-hydrogen) atoms. The Kier molecular flexibility index (Phi) is 10.4. The third-order valence-electron chi connectivity index (χ3n) is 9.46. The normalized spacial score (nSPS) is 16.2. The first-order valence-corrected chi connectivity index (χ1v) is 17.9. The fourth-order valence-corrected chi connectivity index (χ4v) is 7.88. The summed E-state index contributed by atoms with van der Waals surface area (Å²) in [5.74, 6) is 0.261. The molecule has 258 valence electrons. The molecular weight excluding hydrogens is 659 g/mol. The quantitative estimate of drug-likeness (QED) is 0.241. The Morgan fingerprint density at radius 3 is 1.96 bits per heavy atom. The highest BCUT2D eigenvalue weighted by Gasteiger charge is 2.30. The fourth-order valence-electron chi connectivity index (χ4n) is 6.78. The predicted molar refractivity (Wildman–Crippen MR) is 201 cm³/mol. The third-order valence-corrected chi connectivity index (χ3v) is 10.6. The largest absolute Gasteiger partial charge is 0.497 e. The number of hydrogen-bond donors (Lipinski definition) is 0. The zero-order valence-electron chi connectivity index (χ0n) is 28.5. The van der Waals surface area contributed by atoms with Gasteiger partial charge in [0.25, 0.3) is 11.5 Å². The molecule has 2 saturated heterocycles. The molecule has 7 rings (SSSR count). The Bertz CT molecular complexity index is 2140. The summed E-state index contributed by atoms with van der Waals surface area (Å²) in [7, 11) is 1.58. The average Bonchev–Trinajstić information content (AvgIpc) is 3.51. The van der Waals surface area contributed by atoms with Gasteiger partial charge in [-0.3, -0.25) is 19.1 Å². The zero-order chi connectivity index (χ0) is 35.2. The van der Waals surface area contributed by atoms with Crippen LogP contribution in [-0.2, 0) is 9.53 Å². The lowest BCUT2D eigenvalue weighted by Crippen LogP contribution is -2.50. The number of carbonyl (C=O) groups excluding carboxylic acids is 1. The van der Waals surface area contributed by atoms with Crippen LogP contribution in [0.2, 0.25) is 0 Å². The van der Waals surface area contributed by atoms with Crippen molar-refractivity contribution in [3.63, 3.8) is 0 Å². The van der Waals surface area contributed by atoms with E-state index in [2.05, 4.69) is 64.4 Å². The Balaban J connectivity index is 1.22. The van der Waals surface area contributed by atoms with Crippen LogP contribution >= 0.6 is 11.3 Å². The Labute approximate surface area is 301 Å². The van der Waals surface area contributed by atoms with Crippen LogP contribution < -0.4 is 24.4 Å². The van der Waals surface area contributed by atoms with Gasteiger partial charge >= 0.3 is 0 Å². The maximum absolute atomic E-state index is 14.2. The summed E-state index contributed by atoms with van der Waals surface area (Å²) >= 11 is 1.16. The molecule has 1 aromatic heterocycles. The average molecular weight is 698 g/mol. The number of aromatic nitrogens is 1. The van der Waals surface area contributed by atoms with Gasteiger partial charge in [0.15, 0.2) is 5.57 Å². The van der Waals surface area contributed by atoms with Crippen LogP contribution in [0, 0.1) is 11.3 Å². The van der Waals surface area contributed by atoms with Crippen molar-refractivity contribution in [3.8, 4) is 17.5 Å². The van der Waals surface area contributed by atoms with E-state index < -0.39 is 0 Å². The van der Waals surface area contributed by atoms with E-state index in [0.29, 0.717) is 60.0 Å².